The number of nitrogens with zero attached hydrogens (tertiary/aromatic N) is 1. The summed E-state index contributed by atoms with van der Waals surface area (Å²) < 4.78 is 7.67. The maximum Gasteiger partial charge on any atom is 0.292 e. The van der Waals surface area contributed by atoms with Crippen LogP contribution in [0.15, 0.2) is 21.5 Å². The number of halogens is 1. The van der Waals surface area contributed by atoms with Crippen LogP contribution in [0.1, 0.15) is 19.3 Å². The number of hydrogen-bond donors (Lipinski definition) is 0. The van der Waals surface area contributed by atoms with E-state index in [0.29, 0.717) is 11.7 Å². The average molecular weight is 272 g/mol. The van der Waals surface area contributed by atoms with Gasteiger partial charge in [0.15, 0.2) is 5.75 Å². The normalized spacial score (nSPS) is 16.1. The molecule has 1 aliphatic rings. The number of aromatic nitrogens is 1. The minimum atomic E-state index is -0.0346. The lowest BCUT2D eigenvalue weighted by molar-refractivity contribution is 0.271. The van der Waals surface area contributed by atoms with Gasteiger partial charge < -0.3 is 9.30 Å². The van der Waals surface area contributed by atoms with E-state index in [-0.39, 0.29) is 5.56 Å². The van der Waals surface area contributed by atoms with Gasteiger partial charge in [0.1, 0.15) is 0 Å². The second-order valence-corrected chi connectivity index (χ2v) is 4.90. The molecule has 0 atom stereocenters. The maximum absolute atomic E-state index is 11.8. The lowest BCUT2D eigenvalue weighted by Gasteiger charge is -2.26. The number of rotatable bonds is 3. The van der Waals surface area contributed by atoms with Crippen LogP contribution in [0.4, 0.5) is 0 Å². The molecule has 0 unspecified atom stereocenters. The van der Waals surface area contributed by atoms with Gasteiger partial charge in [-0.15, -0.1) is 0 Å². The van der Waals surface area contributed by atoms with E-state index in [9.17, 15) is 4.79 Å². The molecule has 3 nitrogen and oxygen atoms in total. The molecular formula is C11H14BrNO2. The van der Waals surface area contributed by atoms with Crippen LogP contribution in [-0.4, -0.2) is 11.7 Å². The third-order valence-electron chi connectivity index (χ3n) is 2.92. The molecule has 0 aliphatic heterocycles. The number of hydrogen-bond acceptors (Lipinski definition) is 2. The highest BCUT2D eigenvalue weighted by Gasteiger charge is 2.19. The van der Waals surface area contributed by atoms with Gasteiger partial charge in [0.2, 0.25) is 0 Å². The molecule has 0 aromatic carbocycles. The van der Waals surface area contributed by atoms with Gasteiger partial charge in [-0.1, -0.05) is 6.42 Å². The van der Waals surface area contributed by atoms with Crippen LogP contribution >= 0.6 is 15.9 Å². The molecule has 1 fully saturated rings. The quantitative estimate of drug-likeness (QED) is 0.846. The first kappa shape index (κ1) is 10.7. The van der Waals surface area contributed by atoms with Crippen LogP contribution < -0.4 is 10.3 Å². The van der Waals surface area contributed by atoms with Gasteiger partial charge in [-0.25, -0.2) is 0 Å². The molecule has 82 valence electrons. The van der Waals surface area contributed by atoms with Gasteiger partial charge >= 0.3 is 0 Å². The zero-order chi connectivity index (χ0) is 10.8. The highest BCUT2D eigenvalue weighted by molar-refractivity contribution is 9.10. The summed E-state index contributed by atoms with van der Waals surface area (Å²) in [5.74, 6) is 1.07. The van der Waals surface area contributed by atoms with E-state index in [4.69, 9.17) is 4.74 Å². The van der Waals surface area contributed by atoms with Crippen molar-refractivity contribution >= 4 is 15.9 Å². The van der Waals surface area contributed by atoms with Crippen molar-refractivity contribution in [2.24, 2.45) is 5.92 Å². The lowest BCUT2D eigenvalue weighted by atomic mass is 9.85. The summed E-state index contributed by atoms with van der Waals surface area (Å²) in [5.41, 5.74) is -0.0346. The Labute approximate surface area is 97.2 Å². The van der Waals surface area contributed by atoms with Crippen molar-refractivity contribution in [1.82, 2.24) is 4.57 Å². The molecule has 4 heteroatoms. The first-order chi connectivity index (χ1) is 7.20. The molecule has 1 aromatic rings. The molecule has 0 amide bonds. The van der Waals surface area contributed by atoms with Crippen LogP contribution in [0.25, 0.3) is 0 Å². The van der Waals surface area contributed by atoms with Gasteiger partial charge in [0.05, 0.1) is 7.11 Å². The fraction of sp³-hybridized carbons (Fsp3) is 0.545. The molecule has 15 heavy (non-hydrogen) atoms. The Kier molecular flexibility index (Phi) is 3.14. The number of ether oxygens (including phenoxy) is 1. The monoisotopic (exact) mass is 271 g/mol. The molecule has 1 saturated carbocycles. The zero-order valence-corrected chi connectivity index (χ0v) is 10.3. The standard InChI is InChI=1S/C11H14BrNO2/c1-15-10-5-9(12)7-13(11(10)14)6-8-3-2-4-8/h5,7-8H,2-4,6H2,1H3. The number of pyridine rings is 1. The van der Waals surface area contributed by atoms with E-state index >= 15 is 0 Å². The average Bonchev–Trinajstić information content (AvgIpc) is 2.16. The minimum Gasteiger partial charge on any atom is -0.491 e. The van der Waals surface area contributed by atoms with Crippen molar-refractivity contribution in [2.75, 3.05) is 7.11 Å². The predicted molar refractivity (Wildman–Crippen MR) is 62.3 cm³/mol. The van der Waals surface area contributed by atoms with E-state index < -0.39 is 0 Å². The van der Waals surface area contributed by atoms with Gasteiger partial charge in [-0.05, 0) is 34.7 Å². The molecule has 2 rings (SSSR count). The zero-order valence-electron chi connectivity index (χ0n) is 8.70. The van der Waals surface area contributed by atoms with E-state index in [0.717, 1.165) is 11.0 Å². The lowest BCUT2D eigenvalue weighted by Crippen LogP contribution is -2.27. The van der Waals surface area contributed by atoms with Gasteiger partial charge in [-0.2, -0.15) is 0 Å². The highest BCUT2D eigenvalue weighted by atomic mass is 79.9. The van der Waals surface area contributed by atoms with Crippen molar-refractivity contribution in [3.05, 3.63) is 27.1 Å². The van der Waals surface area contributed by atoms with E-state index in [2.05, 4.69) is 15.9 Å². The summed E-state index contributed by atoms with van der Waals surface area (Å²) in [6.07, 6.45) is 5.61. The van der Waals surface area contributed by atoms with Crippen LogP contribution in [-0.2, 0) is 6.54 Å². The Hall–Kier alpha value is -0.770. The van der Waals surface area contributed by atoms with Crippen molar-refractivity contribution in [2.45, 2.75) is 25.8 Å². The SMILES string of the molecule is COc1cc(Br)cn(CC2CCC2)c1=O. The van der Waals surface area contributed by atoms with Gasteiger partial charge in [0.25, 0.3) is 5.56 Å². The second-order valence-electron chi connectivity index (χ2n) is 3.98. The van der Waals surface area contributed by atoms with Crippen LogP contribution in [0.2, 0.25) is 0 Å². The smallest absolute Gasteiger partial charge is 0.292 e. The van der Waals surface area contributed by atoms with E-state index in [1.807, 2.05) is 6.20 Å². The summed E-state index contributed by atoms with van der Waals surface area (Å²) in [6, 6.07) is 1.71. The second kappa shape index (κ2) is 4.39. The Balaban J connectivity index is 2.28. The van der Waals surface area contributed by atoms with Crippen molar-refractivity contribution in [3.63, 3.8) is 0 Å². The predicted octanol–water partition coefficient (Wildman–Crippen LogP) is 2.42. The molecule has 0 radical (unpaired) electrons. The molecule has 1 aromatic heterocycles. The summed E-state index contributed by atoms with van der Waals surface area (Å²) in [7, 11) is 1.52. The molecule has 1 aliphatic carbocycles. The summed E-state index contributed by atoms with van der Waals surface area (Å²) in [4.78, 5) is 11.8. The maximum atomic E-state index is 11.8. The highest BCUT2D eigenvalue weighted by Crippen LogP contribution is 2.27. The molecule has 0 saturated heterocycles. The number of methoxy groups -OCH3 is 1. The first-order valence-electron chi connectivity index (χ1n) is 5.14. The minimum absolute atomic E-state index is 0.0346. The Morgan fingerprint density at radius 3 is 2.87 bits per heavy atom. The Bertz CT molecular complexity index is 410. The van der Waals surface area contributed by atoms with E-state index in [1.165, 1.54) is 26.4 Å². The van der Waals surface area contributed by atoms with Crippen molar-refractivity contribution < 1.29 is 4.74 Å². The molecule has 0 bridgehead atoms. The Morgan fingerprint density at radius 2 is 2.33 bits per heavy atom. The van der Waals surface area contributed by atoms with Crippen LogP contribution in [0.3, 0.4) is 0 Å². The topological polar surface area (TPSA) is 31.2 Å². The molecule has 1 heterocycles. The largest absolute Gasteiger partial charge is 0.491 e. The van der Waals surface area contributed by atoms with Gasteiger partial charge in [-0.3, -0.25) is 4.79 Å². The molecule has 0 spiro atoms. The van der Waals surface area contributed by atoms with Gasteiger partial charge in [0, 0.05) is 23.3 Å². The molecule has 0 N–H and O–H groups in total. The Morgan fingerprint density at radius 1 is 1.60 bits per heavy atom. The van der Waals surface area contributed by atoms with Crippen molar-refractivity contribution in [3.8, 4) is 5.75 Å². The van der Waals surface area contributed by atoms with Crippen LogP contribution in [0.5, 0.6) is 5.75 Å². The third kappa shape index (κ3) is 2.25. The fourth-order valence-corrected chi connectivity index (χ4v) is 2.26. The van der Waals surface area contributed by atoms with E-state index in [1.54, 1.807) is 10.6 Å². The molecular weight excluding hydrogens is 258 g/mol. The first-order valence-corrected chi connectivity index (χ1v) is 5.94. The fourth-order valence-electron chi connectivity index (χ4n) is 1.81. The summed E-state index contributed by atoms with van der Waals surface area (Å²) >= 11 is 3.38. The van der Waals surface area contributed by atoms with Crippen molar-refractivity contribution in [1.29, 1.82) is 0 Å². The third-order valence-corrected chi connectivity index (χ3v) is 3.35. The summed E-state index contributed by atoms with van der Waals surface area (Å²) in [5, 5.41) is 0. The summed E-state index contributed by atoms with van der Waals surface area (Å²) in [6.45, 7) is 0.814. The van der Waals surface area contributed by atoms with Crippen LogP contribution in [0, 0.1) is 5.92 Å².